The number of aliphatic carboxylic acids is 1. The summed E-state index contributed by atoms with van der Waals surface area (Å²) < 4.78 is 0. The van der Waals surface area contributed by atoms with Crippen molar-refractivity contribution in [1.82, 2.24) is 5.32 Å². The average Bonchev–Trinajstić information content (AvgIpc) is 2.49. The van der Waals surface area contributed by atoms with Crippen LogP contribution >= 0.6 is 0 Å². The summed E-state index contributed by atoms with van der Waals surface area (Å²) in [6, 6.07) is 6.85. The number of hydrogen-bond donors (Lipinski definition) is 2. The highest BCUT2D eigenvalue weighted by Gasteiger charge is 2.22. The Labute approximate surface area is 126 Å². The Morgan fingerprint density at radius 2 is 1.81 bits per heavy atom. The second kappa shape index (κ2) is 8.57. The van der Waals surface area contributed by atoms with E-state index < -0.39 is 12.0 Å². The molecule has 0 radical (unpaired) electrons. The number of Topliss-reactive ketones (excluding diaryl/α,β-unsaturated/α-hetero) is 1. The minimum Gasteiger partial charge on any atom is -0.481 e. The maximum absolute atomic E-state index is 12.4. The van der Waals surface area contributed by atoms with Gasteiger partial charge < -0.3 is 10.4 Å². The van der Waals surface area contributed by atoms with Gasteiger partial charge in [-0.2, -0.15) is 0 Å². The third-order valence-electron chi connectivity index (χ3n) is 3.71. The summed E-state index contributed by atoms with van der Waals surface area (Å²) in [4.78, 5) is 23.3. The SMILES string of the molecule is CCCNC(CC(=O)O)C(=O)c1ccc(C(C)CC)cc1. The van der Waals surface area contributed by atoms with E-state index in [9.17, 15) is 9.59 Å². The maximum Gasteiger partial charge on any atom is 0.305 e. The molecule has 4 heteroatoms. The standard InChI is InChI=1S/C17H25NO3/c1-4-10-18-15(11-16(19)20)17(21)14-8-6-13(7-9-14)12(3)5-2/h6-9,12,15,18H,4-5,10-11H2,1-3H3,(H,19,20). The predicted octanol–water partition coefficient (Wildman–Crippen LogP) is 3.23. The van der Waals surface area contributed by atoms with Gasteiger partial charge in [-0.25, -0.2) is 0 Å². The van der Waals surface area contributed by atoms with Gasteiger partial charge in [0.1, 0.15) is 0 Å². The second-order valence-electron chi connectivity index (χ2n) is 5.40. The van der Waals surface area contributed by atoms with Gasteiger partial charge in [0.05, 0.1) is 12.5 Å². The topological polar surface area (TPSA) is 66.4 Å². The molecule has 0 heterocycles. The molecule has 0 fully saturated rings. The molecule has 0 amide bonds. The fourth-order valence-corrected chi connectivity index (χ4v) is 2.16. The lowest BCUT2D eigenvalue weighted by Crippen LogP contribution is -2.39. The highest BCUT2D eigenvalue weighted by Crippen LogP contribution is 2.19. The average molecular weight is 291 g/mol. The fraction of sp³-hybridized carbons (Fsp3) is 0.529. The first kappa shape index (κ1) is 17.4. The van der Waals surface area contributed by atoms with E-state index in [2.05, 4.69) is 19.2 Å². The Morgan fingerprint density at radius 1 is 1.19 bits per heavy atom. The van der Waals surface area contributed by atoms with Crippen LogP contribution in [0, 0.1) is 0 Å². The van der Waals surface area contributed by atoms with Crippen LogP contribution in [-0.4, -0.2) is 29.4 Å². The van der Waals surface area contributed by atoms with Crippen LogP contribution in [0.3, 0.4) is 0 Å². The molecule has 0 aliphatic heterocycles. The molecule has 116 valence electrons. The zero-order valence-electron chi connectivity index (χ0n) is 13.1. The first-order chi connectivity index (χ1) is 9.99. The van der Waals surface area contributed by atoms with Crippen molar-refractivity contribution in [3.63, 3.8) is 0 Å². The van der Waals surface area contributed by atoms with Gasteiger partial charge in [-0.15, -0.1) is 0 Å². The molecule has 2 atom stereocenters. The Balaban J connectivity index is 2.84. The maximum atomic E-state index is 12.4. The van der Waals surface area contributed by atoms with Crippen molar-refractivity contribution in [3.8, 4) is 0 Å². The predicted molar refractivity (Wildman–Crippen MR) is 83.8 cm³/mol. The molecule has 0 aromatic heterocycles. The van der Waals surface area contributed by atoms with E-state index in [-0.39, 0.29) is 12.2 Å². The number of rotatable bonds is 9. The van der Waals surface area contributed by atoms with E-state index in [0.717, 1.165) is 12.8 Å². The van der Waals surface area contributed by atoms with E-state index in [1.165, 1.54) is 5.56 Å². The Bertz CT molecular complexity index is 467. The third kappa shape index (κ3) is 5.31. The van der Waals surface area contributed by atoms with Crippen LogP contribution in [0.25, 0.3) is 0 Å². The zero-order valence-corrected chi connectivity index (χ0v) is 13.1. The summed E-state index contributed by atoms with van der Waals surface area (Å²) in [7, 11) is 0. The van der Waals surface area contributed by atoms with Crippen LogP contribution in [0.4, 0.5) is 0 Å². The second-order valence-corrected chi connectivity index (χ2v) is 5.40. The first-order valence-corrected chi connectivity index (χ1v) is 7.58. The number of carbonyl (C=O) groups excluding carboxylic acids is 1. The van der Waals surface area contributed by atoms with Gasteiger partial charge in [0, 0.05) is 5.56 Å². The Morgan fingerprint density at radius 3 is 2.29 bits per heavy atom. The van der Waals surface area contributed by atoms with E-state index in [1.54, 1.807) is 12.1 Å². The van der Waals surface area contributed by atoms with Gasteiger partial charge in [0.25, 0.3) is 0 Å². The molecule has 1 aromatic rings. The summed E-state index contributed by atoms with van der Waals surface area (Å²) in [6.07, 6.45) is 1.72. The van der Waals surface area contributed by atoms with Crippen LogP contribution in [0.15, 0.2) is 24.3 Å². The van der Waals surface area contributed by atoms with Gasteiger partial charge in [-0.1, -0.05) is 45.0 Å². The van der Waals surface area contributed by atoms with Crippen LogP contribution in [0.5, 0.6) is 0 Å². The smallest absolute Gasteiger partial charge is 0.305 e. The Kier molecular flexibility index (Phi) is 7.09. The molecule has 0 aliphatic carbocycles. The minimum absolute atomic E-state index is 0.151. The molecule has 0 saturated heterocycles. The molecule has 2 unspecified atom stereocenters. The molecule has 0 aliphatic rings. The molecule has 0 spiro atoms. The van der Waals surface area contributed by atoms with Gasteiger partial charge >= 0.3 is 5.97 Å². The molecule has 4 nitrogen and oxygen atoms in total. The first-order valence-electron chi connectivity index (χ1n) is 7.58. The van der Waals surface area contributed by atoms with Crippen molar-refractivity contribution in [3.05, 3.63) is 35.4 Å². The lowest BCUT2D eigenvalue weighted by molar-refractivity contribution is -0.137. The third-order valence-corrected chi connectivity index (χ3v) is 3.71. The van der Waals surface area contributed by atoms with Crippen molar-refractivity contribution in [2.45, 2.75) is 52.0 Å². The summed E-state index contributed by atoms with van der Waals surface area (Å²) in [5, 5.41) is 12.0. The van der Waals surface area contributed by atoms with Gasteiger partial charge in [-0.05, 0) is 30.9 Å². The molecule has 0 saturated carbocycles. The number of carboxylic acids is 1. The van der Waals surface area contributed by atoms with Crippen LogP contribution < -0.4 is 5.32 Å². The molecule has 1 aromatic carbocycles. The van der Waals surface area contributed by atoms with Crippen LogP contribution in [0.2, 0.25) is 0 Å². The largest absolute Gasteiger partial charge is 0.481 e. The normalized spacial score (nSPS) is 13.7. The van der Waals surface area contributed by atoms with Crippen molar-refractivity contribution < 1.29 is 14.7 Å². The van der Waals surface area contributed by atoms with Gasteiger partial charge in [-0.3, -0.25) is 9.59 Å². The van der Waals surface area contributed by atoms with Crippen molar-refractivity contribution in [2.75, 3.05) is 6.54 Å². The number of hydrogen-bond acceptors (Lipinski definition) is 3. The van der Waals surface area contributed by atoms with Gasteiger partial charge in [0.15, 0.2) is 5.78 Å². The Hall–Kier alpha value is -1.68. The van der Waals surface area contributed by atoms with Crippen molar-refractivity contribution in [1.29, 1.82) is 0 Å². The fourth-order valence-electron chi connectivity index (χ4n) is 2.16. The quantitative estimate of drug-likeness (QED) is 0.686. The molecule has 0 bridgehead atoms. The minimum atomic E-state index is -0.965. The van der Waals surface area contributed by atoms with Gasteiger partial charge in [0.2, 0.25) is 0 Å². The lowest BCUT2D eigenvalue weighted by atomic mass is 9.95. The molecule has 2 N–H and O–H groups in total. The summed E-state index contributed by atoms with van der Waals surface area (Å²) >= 11 is 0. The van der Waals surface area contributed by atoms with E-state index in [1.807, 2.05) is 19.1 Å². The summed E-state index contributed by atoms with van der Waals surface area (Å²) in [5.74, 6) is -0.656. The monoisotopic (exact) mass is 291 g/mol. The van der Waals surface area contributed by atoms with E-state index in [0.29, 0.717) is 18.0 Å². The highest BCUT2D eigenvalue weighted by molar-refractivity contribution is 6.01. The molecular weight excluding hydrogens is 266 g/mol. The van der Waals surface area contributed by atoms with Crippen molar-refractivity contribution in [2.24, 2.45) is 0 Å². The molecular formula is C17H25NO3. The van der Waals surface area contributed by atoms with Crippen LogP contribution in [0.1, 0.15) is 61.9 Å². The molecule has 1 rings (SSSR count). The number of ketones is 1. The number of carboxylic acid groups (broad SMARTS) is 1. The van der Waals surface area contributed by atoms with Crippen molar-refractivity contribution >= 4 is 11.8 Å². The zero-order chi connectivity index (χ0) is 15.8. The van der Waals surface area contributed by atoms with Crippen LogP contribution in [-0.2, 0) is 4.79 Å². The van der Waals surface area contributed by atoms with E-state index in [4.69, 9.17) is 5.11 Å². The summed E-state index contributed by atoms with van der Waals surface area (Å²) in [6.45, 7) is 6.89. The lowest BCUT2D eigenvalue weighted by Gasteiger charge is -2.16. The number of benzene rings is 1. The molecule has 21 heavy (non-hydrogen) atoms. The number of nitrogens with one attached hydrogen (secondary N) is 1. The number of carbonyl (C=O) groups is 2. The summed E-state index contributed by atoms with van der Waals surface area (Å²) in [5.41, 5.74) is 1.77. The van der Waals surface area contributed by atoms with E-state index >= 15 is 0 Å². The highest BCUT2D eigenvalue weighted by atomic mass is 16.4.